The molecular weight excluding hydrogens is 310 g/mol. The minimum Gasteiger partial charge on any atom is -0.504 e. The van der Waals surface area contributed by atoms with E-state index in [1.54, 1.807) is 24.3 Å². The maximum atomic E-state index is 11.7. The summed E-state index contributed by atoms with van der Waals surface area (Å²) in [5, 5.41) is 22.6. The summed E-state index contributed by atoms with van der Waals surface area (Å²) < 4.78 is 5.47. The van der Waals surface area contributed by atoms with Gasteiger partial charge in [-0.15, -0.1) is 0 Å². The maximum Gasteiger partial charge on any atom is 0.317 e. The fourth-order valence-electron chi connectivity index (χ4n) is 3.36. The van der Waals surface area contributed by atoms with E-state index in [-0.39, 0.29) is 18.4 Å². The third-order valence-electron chi connectivity index (χ3n) is 4.65. The smallest absolute Gasteiger partial charge is 0.317 e. The van der Waals surface area contributed by atoms with Crippen LogP contribution in [0.3, 0.4) is 0 Å². The van der Waals surface area contributed by atoms with Crippen LogP contribution in [-0.4, -0.2) is 77.5 Å². The van der Waals surface area contributed by atoms with E-state index in [2.05, 4.69) is 10.2 Å². The molecular formula is C17H25N3O4. The Morgan fingerprint density at radius 2 is 2.00 bits per heavy atom. The van der Waals surface area contributed by atoms with E-state index in [1.165, 1.54) is 0 Å². The fourth-order valence-corrected chi connectivity index (χ4v) is 3.36. The number of likely N-dealkylation sites (tertiary alicyclic amines) is 1. The molecule has 1 atom stereocenters. The van der Waals surface area contributed by atoms with Crippen molar-refractivity contribution in [1.29, 1.82) is 0 Å². The van der Waals surface area contributed by atoms with Crippen LogP contribution in [0.15, 0.2) is 24.3 Å². The second-order valence-corrected chi connectivity index (χ2v) is 6.39. The van der Waals surface area contributed by atoms with E-state index in [0.29, 0.717) is 18.3 Å². The largest absolute Gasteiger partial charge is 0.504 e. The predicted molar refractivity (Wildman–Crippen MR) is 89.2 cm³/mol. The van der Waals surface area contributed by atoms with Crippen LogP contribution in [0.1, 0.15) is 12.8 Å². The average molecular weight is 335 g/mol. The van der Waals surface area contributed by atoms with Gasteiger partial charge >= 0.3 is 6.03 Å². The van der Waals surface area contributed by atoms with Gasteiger partial charge in [0.2, 0.25) is 0 Å². The number of ether oxygens (including phenoxy) is 1. The minimum atomic E-state index is -0.615. The van der Waals surface area contributed by atoms with E-state index in [4.69, 9.17) is 4.74 Å². The second kappa shape index (κ2) is 7.72. The number of carbonyl (C=O) groups excluding carboxylic acids is 1. The van der Waals surface area contributed by atoms with Crippen LogP contribution in [0.5, 0.6) is 11.5 Å². The lowest BCUT2D eigenvalue weighted by atomic mass is 10.0. The van der Waals surface area contributed by atoms with E-state index in [1.807, 2.05) is 4.90 Å². The SMILES string of the molecule is O=C1NCCN1C1CCN(CC(O)COc2ccccc2O)CC1. The van der Waals surface area contributed by atoms with Gasteiger partial charge in [0.05, 0.1) is 0 Å². The van der Waals surface area contributed by atoms with E-state index >= 15 is 0 Å². The molecule has 1 aromatic rings. The number of amides is 2. The molecule has 2 amide bonds. The van der Waals surface area contributed by atoms with Crippen molar-refractivity contribution in [3.63, 3.8) is 0 Å². The van der Waals surface area contributed by atoms with Gasteiger partial charge in [0, 0.05) is 38.8 Å². The number of urea groups is 1. The molecule has 0 radical (unpaired) electrons. The first-order valence-corrected chi connectivity index (χ1v) is 8.49. The van der Waals surface area contributed by atoms with E-state index in [0.717, 1.165) is 39.0 Å². The zero-order valence-electron chi connectivity index (χ0n) is 13.7. The van der Waals surface area contributed by atoms with Crippen molar-refractivity contribution >= 4 is 6.03 Å². The molecule has 1 unspecified atom stereocenters. The Labute approximate surface area is 141 Å². The monoisotopic (exact) mass is 335 g/mol. The molecule has 7 nitrogen and oxygen atoms in total. The van der Waals surface area contributed by atoms with Gasteiger partial charge in [-0.3, -0.25) is 0 Å². The van der Waals surface area contributed by atoms with Crippen LogP contribution in [0.25, 0.3) is 0 Å². The van der Waals surface area contributed by atoms with Gasteiger partial charge in [-0.25, -0.2) is 4.79 Å². The quantitative estimate of drug-likeness (QED) is 0.710. The number of β-amino-alcohol motifs (C(OH)–C–C–N with tert-alkyl or cyclic N) is 1. The number of aliphatic hydroxyl groups excluding tert-OH is 1. The number of aromatic hydroxyl groups is 1. The Morgan fingerprint density at radius 1 is 1.25 bits per heavy atom. The number of hydrogen-bond acceptors (Lipinski definition) is 5. The van der Waals surface area contributed by atoms with Crippen molar-refractivity contribution in [2.75, 3.05) is 39.3 Å². The number of piperidine rings is 1. The third-order valence-corrected chi connectivity index (χ3v) is 4.65. The summed E-state index contributed by atoms with van der Waals surface area (Å²) >= 11 is 0. The fraction of sp³-hybridized carbons (Fsp3) is 0.588. The van der Waals surface area contributed by atoms with Gasteiger partial charge in [0.1, 0.15) is 12.7 Å². The molecule has 3 rings (SSSR count). The van der Waals surface area contributed by atoms with Gasteiger partial charge in [-0.1, -0.05) is 12.1 Å². The summed E-state index contributed by atoms with van der Waals surface area (Å²) in [4.78, 5) is 15.8. The minimum absolute atomic E-state index is 0.0459. The molecule has 0 bridgehead atoms. The highest BCUT2D eigenvalue weighted by atomic mass is 16.5. The number of hydrogen-bond donors (Lipinski definition) is 3. The zero-order chi connectivity index (χ0) is 16.9. The highest BCUT2D eigenvalue weighted by molar-refractivity contribution is 5.76. The Hall–Kier alpha value is -1.99. The summed E-state index contributed by atoms with van der Waals surface area (Å²) in [6.45, 7) is 3.94. The molecule has 0 aromatic heterocycles. The van der Waals surface area contributed by atoms with Crippen LogP contribution in [0.2, 0.25) is 0 Å². The van der Waals surface area contributed by atoms with Crippen LogP contribution in [-0.2, 0) is 0 Å². The van der Waals surface area contributed by atoms with Crippen LogP contribution >= 0.6 is 0 Å². The number of nitrogens with one attached hydrogen (secondary N) is 1. The first-order valence-electron chi connectivity index (χ1n) is 8.49. The lowest BCUT2D eigenvalue weighted by molar-refractivity contribution is 0.0502. The van der Waals surface area contributed by atoms with Crippen LogP contribution in [0.4, 0.5) is 4.79 Å². The maximum absolute atomic E-state index is 11.7. The Balaban J connectivity index is 1.39. The summed E-state index contributed by atoms with van der Waals surface area (Å²) in [6, 6.07) is 7.09. The molecule has 7 heteroatoms. The molecule has 0 saturated carbocycles. The molecule has 0 aliphatic carbocycles. The Bertz CT molecular complexity index is 561. The van der Waals surface area contributed by atoms with E-state index in [9.17, 15) is 15.0 Å². The Morgan fingerprint density at radius 3 is 2.67 bits per heavy atom. The third kappa shape index (κ3) is 4.10. The van der Waals surface area contributed by atoms with Gasteiger partial charge in [-0.2, -0.15) is 0 Å². The molecule has 2 aliphatic heterocycles. The van der Waals surface area contributed by atoms with Crippen LogP contribution in [0, 0.1) is 0 Å². The van der Waals surface area contributed by atoms with Crippen molar-refractivity contribution < 1.29 is 19.7 Å². The molecule has 1 aromatic carbocycles. The summed E-state index contributed by atoms with van der Waals surface area (Å²) in [6.07, 6.45) is 1.25. The first kappa shape index (κ1) is 16.9. The van der Waals surface area contributed by atoms with Gasteiger partial charge in [-0.05, 0) is 25.0 Å². The van der Waals surface area contributed by atoms with Crippen LogP contribution < -0.4 is 10.1 Å². The summed E-state index contributed by atoms with van der Waals surface area (Å²) in [7, 11) is 0. The number of benzene rings is 1. The zero-order valence-corrected chi connectivity index (χ0v) is 13.7. The van der Waals surface area contributed by atoms with Crippen molar-refractivity contribution in [2.24, 2.45) is 0 Å². The van der Waals surface area contributed by atoms with Crippen molar-refractivity contribution in [2.45, 2.75) is 25.0 Å². The molecule has 132 valence electrons. The van der Waals surface area contributed by atoms with Gasteiger partial charge in [0.25, 0.3) is 0 Å². The normalized spacial score (nSPS) is 20.9. The predicted octanol–water partition coefficient (Wildman–Crippen LogP) is 0.622. The van der Waals surface area contributed by atoms with Crippen molar-refractivity contribution in [3.05, 3.63) is 24.3 Å². The Kier molecular flexibility index (Phi) is 5.42. The van der Waals surface area contributed by atoms with Gasteiger partial charge < -0.3 is 30.1 Å². The molecule has 3 N–H and O–H groups in total. The summed E-state index contributed by atoms with van der Waals surface area (Å²) in [5.74, 6) is 0.463. The number of carbonyl (C=O) groups is 1. The average Bonchev–Trinajstić information content (AvgIpc) is 3.01. The standard InChI is InChI=1S/C17H25N3O4/c21-14(12-24-16-4-2-1-3-15(16)22)11-19-8-5-13(6-9-19)20-10-7-18-17(20)23/h1-4,13-14,21-22H,5-12H2,(H,18,23). The highest BCUT2D eigenvalue weighted by Gasteiger charge is 2.31. The van der Waals surface area contributed by atoms with E-state index < -0.39 is 6.10 Å². The molecule has 2 fully saturated rings. The molecule has 0 spiro atoms. The number of phenols is 1. The number of para-hydroxylation sites is 2. The number of rotatable bonds is 6. The summed E-state index contributed by atoms with van der Waals surface area (Å²) in [5.41, 5.74) is 0. The van der Waals surface area contributed by atoms with Gasteiger partial charge in [0.15, 0.2) is 11.5 Å². The topological polar surface area (TPSA) is 85.3 Å². The number of aliphatic hydroxyl groups is 1. The molecule has 2 heterocycles. The number of nitrogens with zero attached hydrogens (tertiary/aromatic N) is 2. The highest BCUT2D eigenvalue weighted by Crippen LogP contribution is 2.24. The lowest BCUT2D eigenvalue weighted by Crippen LogP contribution is -2.48. The first-order chi connectivity index (χ1) is 11.6. The van der Waals surface area contributed by atoms with Crippen molar-refractivity contribution in [1.82, 2.24) is 15.1 Å². The lowest BCUT2D eigenvalue weighted by Gasteiger charge is -2.36. The van der Waals surface area contributed by atoms with Crippen molar-refractivity contribution in [3.8, 4) is 11.5 Å². The molecule has 2 aliphatic rings. The molecule has 24 heavy (non-hydrogen) atoms. The number of phenolic OH excluding ortho intramolecular Hbond substituents is 1. The second-order valence-electron chi connectivity index (χ2n) is 6.39. The molecule has 2 saturated heterocycles.